The summed E-state index contributed by atoms with van der Waals surface area (Å²) < 4.78 is 4.69. The molecule has 3 nitrogen and oxygen atoms in total. The minimum absolute atomic E-state index is 0.0544. The lowest BCUT2D eigenvalue weighted by atomic mass is 9.57. The van der Waals surface area contributed by atoms with Gasteiger partial charge in [0.05, 0.1) is 7.11 Å². The third kappa shape index (κ3) is 1.56. The molecule has 1 saturated carbocycles. The molecule has 0 bridgehead atoms. The number of ether oxygens (including phenoxy) is 1. The fraction of sp³-hybridized carbons (Fsp3) is 0.818. The Hall–Kier alpha value is -0.860. The van der Waals surface area contributed by atoms with E-state index in [1.807, 2.05) is 0 Å². The standard InChI is InChI=1S/C11H18O3/c1-7(2)9-5-11(6-9,8(3)12)10(13)14-4/h7,9H,5-6H2,1-4H3. The molecule has 0 aliphatic heterocycles. The molecule has 0 spiro atoms. The van der Waals surface area contributed by atoms with Crippen molar-refractivity contribution in [3.63, 3.8) is 0 Å². The highest BCUT2D eigenvalue weighted by atomic mass is 16.5. The summed E-state index contributed by atoms with van der Waals surface area (Å²) in [6.07, 6.45) is 1.32. The van der Waals surface area contributed by atoms with Crippen molar-refractivity contribution in [2.45, 2.75) is 33.6 Å². The van der Waals surface area contributed by atoms with Crippen LogP contribution in [0.3, 0.4) is 0 Å². The van der Waals surface area contributed by atoms with Gasteiger partial charge < -0.3 is 4.74 Å². The van der Waals surface area contributed by atoms with Crippen LogP contribution in [0.15, 0.2) is 0 Å². The maximum absolute atomic E-state index is 11.5. The van der Waals surface area contributed by atoms with E-state index < -0.39 is 5.41 Å². The second-order valence-corrected chi connectivity index (χ2v) is 4.54. The zero-order chi connectivity index (χ0) is 10.9. The highest BCUT2D eigenvalue weighted by Gasteiger charge is 2.55. The van der Waals surface area contributed by atoms with Crippen LogP contribution >= 0.6 is 0 Å². The number of carbonyl (C=O) groups is 2. The smallest absolute Gasteiger partial charge is 0.319 e. The summed E-state index contributed by atoms with van der Waals surface area (Å²) in [6, 6.07) is 0. The SMILES string of the molecule is COC(=O)C1(C(C)=O)CC(C(C)C)C1. The van der Waals surface area contributed by atoms with E-state index in [9.17, 15) is 9.59 Å². The molecular weight excluding hydrogens is 180 g/mol. The topological polar surface area (TPSA) is 43.4 Å². The van der Waals surface area contributed by atoms with Gasteiger partial charge in [0, 0.05) is 0 Å². The summed E-state index contributed by atoms with van der Waals surface area (Å²) in [6.45, 7) is 5.71. The van der Waals surface area contributed by atoms with Crippen LogP contribution in [0.25, 0.3) is 0 Å². The first-order chi connectivity index (χ1) is 6.44. The van der Waals surface area contributed by atoms with Crippen molar-refractivity contribution in [2.75, 3.05) is 7.11 Å². The largest absolute Gasteiger partial charge is 0.468 e. The van der Waals surface area contributed by atoms with Crippen molar-refractivity contribution in [3.05, 3.63) is 0 Å². The van der Waals surface area contributed by atoms with Crippen LogP contribution < -0.4 is 0 Å². The Kier molecular flexibility index (Phi) is 2.98. The highest BCUT2D eigenvalue weighted by Crippen LogP contribution is 2.50. The number of carbonyl (C=O) groups excluding carboxylic acids is 2. The van der Waals surface area contributed by atoms with E-state index in [2.05, 4.69) is 18.6 Å². The molecular formula is C11H18O3. The van der Waals surface area contributed by atoms with Crippen LogP contribution in [0.1, 0.15) is 33.6 Å². The third-order valence-corrected chi connectivity index (χ3v) is 3.41. The van der Waals surface area contributed by atoms with Gasteiger partial charge in [-0.3, -0.25) is 9.59 Å². The summed E-state index contributed by atoms with van der Waals surface area (Å²) >= 11 is 0. The average molecular weight is 198 g/mol. The molecule has 1 rings (SSSR count). The number of methoxy groups -OCH3 is 1. The van der Waals surface area contributed by atoms with Gasteiger partial charge in [0.2, 0.25) is 0 Å². The molecule has 0 saturated heterocycles. The van der Waals surface area contributed by atoms with Crippen LogP contribution in [0.4, 0.5) is 0 Å². The van der Waals surface area contributed by atoms with Crippen molar-refractivity contribution >= 4 is 11.8 Å². The summed E-state index contributed by atoms with van der Waals surface area (Å²) in [4.78, 5) is 22.9. The minimum Gasteiger partial charge on any atom is -0.468 e. The maximum atomic E-state index is 11.5. The normalized spacial score (nSPS) is 31.1. The summed E-state index contributed by atoms with van der Waals surface area (Å²) in [7, 11) is 1.34. The first-order valence-electron chi connectivity index (χ1n) is 5.03. The van der Waals surface area contributed by atoms with Crippen LogP contribution in [-0.2, 0) is 14.3 Å². The monoisotopic (exact) mass is 198 g/mol. The second-order valence-electron chi connectivity index (χ2n) is 4.54. The molecule has 0 aromatic heterocycles. The zero-order valence-electron chi connectivity index (χ0n) is 9.29. The first kappa shape index (κ1) is 11.2. The third-order valence-electron chi connectivity index (χ3n) is 3.41. The van der Waals surface area contributed by atoms with Gasteiger partial charge in [-0.1, -0.05) is 13.8 Å². The molecule has 80 valence electrons. The number of esters is 1. The van der Waals surface area contributed by atoms with Crippen LogP contribution in [0.5, 0.6) is 0 Å². The van der Waals surface area contributed by atoms with Crippen molar-refractivity contribution in [1.82, 2.24) is 0 Å². The predicted octanol–water partition coefficient (Wildman–Crippen LogP) is 1.80. The second kappa shape index (κ2) is 3.71. The van der Waals surface area contributed by atoms with Crippen molar-refractivity contribution in [2.24, 2.45) is 17.3 Å². The minimum atomic E-state index is -0.816. The molecule has 1 aliphatic rings. The predicted molar refractivity (Wildman–Crippen MR) is 52.7 cm³/mol. The van der Waals surface area contributed by atoms with Gasteiger partial charge in [-0.05, 0) is 31.6 Å². The molecule has 0 N–H and O–H groups in total. The fourth-order valence-corrected chi connectivity index (χ4v) is 2.10. The van der Waals surface area contributed by atoms with Crippen LogP contribution in [0, 0.1) is 17.3 Å². The van der Waals surface area contributed by atoms with Crippen molar-refractivity contribution < 1.29 is 14.3 Å². The Balaban J connectivity index is 2.72. The molecule has 0 aromatic carbocycles. The van der Waals surface area contributed by atoms with Gasteiger partial charge in [0.15, 0.2) is 0 Å². The van der Waals surface area contributed by atoms with Gasteiger partial charge in [-0.15, -0.1) is 0 Å². The number of rotatable bonds is 3. The fourth-order valence-electron chi connectivity index (χ4n) is 2.10. The Labute approximate surface area is 84.8 Å². The summed E-state index contributed by atoms with van der Waals surface area (Å²) in [5, 5.41) is 0. The molecule has 0 unspecified atom stereocenters. The van der Waals surface area contributed by atoms with E-state index in [0.717, 1.165) is 0 Å². The van der Waals surface area contributed by atoms with Gasteiger partial charge in [-0.25, -0.2) is 0 Å². The molecule has 0 amide bonds. The molecule has 0 heterocycles. The van der Waals surface area contributed by atoms with E-state index in [1.165, 1.54) is 14.0 Å². The number of Topliss-reactive ketones (excluding diaryl/α,β-unsaturated/α-hetero) is 1. The van der Waals surface area contributed by atoms with Gasteiger partial charge >= 0.3 is 5.97 Å². The number of hydrogen-bond acceptors (Lipinski definition) is 3. The molecule has 14 heavy (non-hydrogen) atoms. The van der Waals surface area contributed by atoms with Crippen LogP contribution in [0.2, 0.25) is 0 Å². The van der Waals surface area contributed by atoms with Crippen molar-refractivity contribution in [3.8, 4) is 0 Å². The lowest BCUT2D eigenvalue weighted by Crippen LogP contribution is -2.50. The van der Waals surface area contributed by atoms with E-state index >= 15 is 0 Å². The highest BCUT2D eigenvalue weighted by molar-refractivity contribution is 6.03. The summed E-state index contributed by atoms with van der Waals surface area (Å²) in [5.41, 5.74) is -0.816. The van der Waals surface area contributed by atoms with Gasteiger partial charge in [0.1, 0.15) is 11.2 Å². The molecule has 0 radical (unpaired) electrons. The van der Waals surface area contributed by atoms with Crippen molar-refractivity contribution in [1.29, 1.82) is 0 Å². The van der Waals surface area contributed by atoms with E-state index in [1.54, 1.807) is 0 Å². The summed E-state index contributed by atoms with van der Waals surface area (Å²) in [5.74, 6) is 0.605. The molecule has 0 aromatic rings. The Morgan fingerprint density at radius 2 is 1.86 bits per heavy atom. The van der Waals surface area contributed by atoms with E-state index in [4.69, 9.17) is 0 Å². The Morgan fingerprint density at radius 3 is 2.14 bits per heavy atom. The van der Waals surface area contributed by atoms with E-state index in [-0.39, 0.29) is 11.8 Å². The quantitative estimate of drug-likeness (QED) is 0.513. The lowest BCUT2D eigenvalue weighted by molar-refractivity contribution is -0.168. The van der Waals surface area contributed by atoms with Gasteiger partial charge in [0.25, 0.3) is 0 Å². The zero-order valence-corrected chi connectivity index (χ0v) is 9.29. The molecule has 3 heteroatoms. The molecule has 0 atom stereocenters. The average Bonchev–Trinajstić information content (AvgIpc) is 2.00. The first-order valence-corrected chi connectivity index (χ1v) is 5.03. The van der Waals surface area contributed by atoms with Crippen LogP contribution in [-0.4, -0.2) is 18.9 Å². The lowest BCUT2D eigenvalue weighted by Gasteiger charge is -2.45. The van der Waals surface area contributed by atoms with E-state index in [0.29, 0.717) is 24.7 Å². The maximum Gasteiger partial charge on any atom is 0.319 e. The number of ketones is 1. The molecule has 1 aliphatic carbocycles. The number of hydrogen-bond donors (Lipinski definition) is 0. The van der Waals surface area contributed by atoms with Gasteiger partial charge in [-0.2, -0.15) is 0 Å². The molecule has 1 fully saturated rings. The Morgan fingerprint density at radius 1 is 1.36 bits per heavy atom. The Bertz CT molecular complexity index is 249.